The first kappa shape index (κ1) is 18.1. The lowest BCUT2D eigenvalue weighted by atomic mass is 9.33. The third kappa shape index (κ3) is 2.03. The van der Waals surface area contributed by atoms with Crippen LogP contribution in [0.25, 0.3) is 0 Å². The first-order valence-corrected chi connectivity index (χ1v) is 12.2. The van der Waals surface area contributed by atoms with E-state index in [9.17, 15) is 0 Å². The van der Waals surface area contributed by atoms with Crippen LogP contribution in [0.15, 0.2) is 0 Å². The van der Waals surface area contributed by atoms with Gasteiger partial charge in [-0.2, -0.15) is 0 Å². The monoisotopic (exact) mass is 356 g/mol. The van der Waals surface area contributed by atoms with E-state index in [1.807, 2.05) is 0 Å². The van der Waals surface area contributed by atoms with Crippen molar-refractivity contribution in [1.82, 2.24) is 0 Å². The molecule has 0 saturated heterocycles. The molecule has 5 aliphatic carbocycles. The molecular formula is C26H44. The van der Waals surface area contributed by atoms with Crippen LogP contribution in [0, 0.1) is 51.2 Å². The van der Waals surface area contributed by atoms with Crippen LogP contribution >= 0.6 is 0 Å². The molecule has 0 heteroatoms. The molecule has 0 N–H and O–H groups in total. The number of rotatable bonds is 0. The molecule has 0 nitrogen and oxygen atoms in total. The lowest BCUT2D eigenvalue weighted by Gasteiger charge is -2.71. The van der Waals surface area contributed by atoms with Gasteiger partial charge in [-0.25, -0.2) is 0 Å². The summed E-state index contributed by atoms with van der Waals surface area (Å²) in [7, 11) is 0. The summed E-state index contributed by atoms with van der Waals surface area (Å²) < 4.78 is 0. The average Bonchev–Trinajstić information content (AvgIpc) is 2.97. The first-order chi connectivity index (χ1) is 12.2. The van der Waals surface area contributed by atoms with E-state index in [1.165, 1.54) is 51.4 Å². The molecular weight excluding hydrogens is 312 g/mol. The minimum Gasteiger partial charge on any atom is -0.0622 e. The fourth-order valence-corrected chi connectivity index (χ4v) is 10.6. The van der Waals surface area contributed by atoms with Gasteiger partial charge < -0.3 is 0 Å². The maximum absolute atomic E-state index is 2.79. The van der Waals surface area contributed by atoms with Crippen molar-refractivity contribution in [3.8, 4) is 0 Å². The molecule has 5 fully saturated rings. The van der Waals surface area contributed by atoms with E-state index in [2.05, 4.69) is 34.6 Å². The molecule has 26 heavy (non-hydrogen) atoms. The lowest BCUT2D eigenvalue weighted by Crippen LogP contribution is -2.64. The van der Waals surface area contributed by atoms with Gasteiger partial charge >= 0.3 is 0 Å². The second-order valence-corrected chi connectivity index (χ2v) is 12.7. The third-order valence-corrected chi connectivity index (χ3v) is 12.2. The number of fused-ring (bicyclic) bond motifs is 7. The van der Waals surface area contributed by atoms with Crippen LogP contribution in [0.1, 0.15) is 112 Å². The second-order valence-electron chi connectivity index (χ2n) is 12.7. The van der Waals surface area contributed by atoms with Crippen LogP contribution in [0.3, 0.4) is 0 Å². The largest absolute Gasteiger partial charge is 0.0622 e. The van der Waals surface area contributed by atoms with Crippen LogP contribution < -0.4 is 0 Å². The normalized spacial score (nSPS) is 62.0. The molecule has 0 spiro atoms. The fourth-order valence-electron chi connectivity index (χ4n) is 10.6. The molecule has 0 aromatic heterocycles. The average molecular weight is 357 g/mol. The van der Waals surface area contributed by atoms with Crippen LogP contribution in [-0.4, -0.2) is 0 Å². The van der Waals surface area contributed by atoms with Gasteiger partial charge in [0.1, 0.15) is 0 Å². The SMILES string of the molecule is CC1CCCC2(C)C1CCC1(C)C2CCC2C3CCCC3(C)CC[C@]21C. The molecule has 0 aromatic carbocycles. The Morgan fingerprint density at radius 1 is 0.577 bits per heavy atom. The summed E-state index contributed by atoms with van der Waals surface area (Å²) in [5, 5.41) is 0. The zero-order valence-corrected chi connectivity index (χ0v) is 18.4. The minimum atomic E-state index is 0.613. The van der Waals surface area contributed by atoms with Gasteiger partial charge in [0.05, 0.1) is 0 Å². The maximum atomic E-state index is 2.79. The predicted octanol–water partition coefficient (Wildman–Crippen LogP) is 7.86. The summed E-state index contributed by atoms with van der Waals surface area (Å²) in [5.41, 5.74) is 2.59. The molecule has 0 radical (unpaired) electrons. The van der Waals surface area contributed by atoms with E-state index in [0.29, 0.717) is 21.7 Å². The van der Waals surface area contributed by atoms with Crippen LogP contribution in [-0.2, 0) is 0 Å². The summed E-state index contributed by atoms with van der Waals surface area (Å²) in [4.78, 5) is 0. The highest BCUT2D eigenvalue weighted by atomic mass is 14.7. The van der Waals surface area contributed by atoms with Crippen molar-refractivity contribution in [3.63, 3.8) is 0 Å². The number of hydrogen-bond acceptors (Lipinski definition) is 0. The van der Waals surface area contributed by atoms with Gasteiger partial charge in [-0.3, -0.25) is 0 Å². The number of hydrogen-bond donors (Lipinski definition) is 0. The summed E-state index contributed by atoms with van der Waals surface area (Å²) in [6, 6.07) is 0. The van der Waals surface area contributed by atoms with E-state index in [4.69, 9.17) is 0 Å². The molecule has 0 heterocycles. The zero-order chi connectivity index (χ0) is 18.4. The smallest absolute Gasteiger partial charge is 0.0235 e. The molecule has 5 aliphatic rings. The zero-order valence-electron chi connectivity index (χ0n) is 18.4. The Morgan fingerprint density at radius 2 is 1.35 bits per heavy atom. The van der Waals surface area contributed by atoms with E-state index in [-0.39, 0.29) is 0 Å². The Labute approximate surface area is 163 Å². The van der Waals surface area contributed by atoms with E-state index in [0.717, 1.165) is 29.6 Å². The maximum Gasteiger partial charge on any atom is -0.0235 e. The highest BCUT2D eigenvalue weighted by Gasteiger charge is 2.67. The van der Waals surface area contributed by atoms with Gasteiger partial charge in [-0.05, 0) is 109 Å². The van der Waals surface area contributed by atoms with Crippen LogP contribution in [0.4, 0.5) is 0 Å². The summed E-state index contributed by atoms with van der Waals surface area (Å²) in [6.07, 6.45) is 18.4. The molecule has 0 bridgehead atoms. The Hall–Kier alpha value is 0. The molecule has 8 unspecified atom stereocenters. The van der Waals surface area contributed by atoms with E-state index >= 15 is 0 Å². The van der Waals surface area contributed by atoms with E-state index < -0.39 is 0 Å². The van der Waals surface area contributed by atoms with Crippen LogP contribution in [0.5, 0.6) is 0 Å². The molecule has 5 rings (SSSR count). The first-order valence-electron chi connectivity index (χ1n) is 12.2. The molecule has 5 saturated carbocycles. The summed E-state index contributed by atoms with van der Waals surface area (Å²) in [6.45, 7) is 13.6. The van der Waals surface area contributed by atoms with Gasteiger partial charge in [-0.15, -0.1) is 0 Å². The molecule has 0 aromatic rings. The van der Waals surface area contributed by atoms with Gasteiger partial charge in [0.15, 0.2) is 0 Å². The quantitative estimate of drug-likeness (QED) is 0.414. The second kappa shape index (κ2) is 5.54. The van der Waals surface area contributed by atoms with Gasteiger partial charge in [0.25, 0.3) is 0 Å². The lowest BCUT2D eigenvalue weighted by molar-refractivity contribution is -0.224. The van der Waals surface area contributed by atoms with Crippen molar-refractivity contribution < 1.29 is 0 Å². The van der Waals surface area contributed by atoms with Gasteiger partial charge in [0, 0.05) is 0 Å². The third-order valence-electron chi connectivity index (χ3n) is 12.2. The van der Waals surface area contributed by atoms with Crippen molar-refractivity contribution in [3.05, 3.63) is 0 Å². The van der Waals surface area contributed by atoms with Crippen LogP contribution in [0.2, 0.25) is 0 Å². The predicted molar refractivity (Wildman–Crippen MR) is 111 cm³/mol. The Balaban J connectivity index is 1.53. The van der Waals surface area contributed by atoms with Gasteiger partial charge in [-0.1, -0.05) is 53.9 Å². The highest BCUT2D eigenvalue weighted by molar-refractivity contribution is 5.16. The molecule has 9 atom stereocenters. The molecule has 0 aliphatic heterocycles. The molecule has 148 valence electrons. The van der Waals surface area contributed by atoms with Crippen molar-refractivity contribution in [2.45, 2.75) is 112 Å². The summed E-state index contributed by atoms with van der Waals surface area (Å²) >= 11 is 0. The summed E-state index contributed by atoms with van der Waals surface area (Å²) in [5.74, 6) is 5.09. The van der Waals surface area contributed by atoms with Crippen molar-refractivity contribution in [1.29, 1.82) is 0 Å². The van der Waals surface area contributed by atoms with E-state index in [1.54, 1.807) is 25.7 Å². The Kier molecular flexibility index (Phi) is 3.84. The fraction of sp³-hybridized carbons (Fsp3) is 1.00. The van der Waals surface area contributed by atoms with Crippen molar-refractivity contribution >= 4 is 0 Å². The van der Waals surface area contributed by atoms with Crippen molar-refractivity contribution in [2.75, 3.05) is 0 Å². The molecule has 0 amide bonds. The van der Waals surface area contributed by atoms with Crippen molar-refractivity contribution in [2.24, 2.45) is 51.2 Å². The Morgan fingerprint density at radius 3 is 2.15 bits per heavy atom. The topological polar surface area (TPSA) is 0 Å². The Bertz CT molecular complexity index is 579. The van der Waals surface area contributed by atoms with Gasteiger partial charge in [0.2, 0.25) is 0 Å². The minimum absolute atomic E-state index is 0.613. The standard InChI is InChI=1S/C26H44/c1-18-8-6-14-24(3)19(18)12-15-26(5)22(24)11-10-21-20-9-7-13-23(20,2)16-17-25(21,26)4/h18-22H,6-17H2,1-5H3/t18?,19?,20?,21?,22?,23?,24?,25-,26?/m1/s1. The highest BCUT2D eigenvalue weighted by Crippen LogP contribution is 2.75.